The highest BCUT2D eigenvalue weighted by molar-refractivity contribution is 6.31. The maximum atomic E-state index is 13.1. The third-order valence-electron chi connectivity index (χ3n) is 4.10. The molecule has 2 heterocycles. The number of hydrogen-bond donors (Lipinski definition) is 1. The zero-order valence-electron chi connectivity index (χ0n) is 14.0. The molecule has 1 N–H and O–H groups in total. The summed E-state index contributed by atoms with van der Waals surface area (Å²) in [5.74, 6) is -0.651. The number of pyridine rings is 1. The van der Waals surface area contributed by atoms with Gasteiger partial charge in [-0.25, -0.2) is 9.18 Å². The van der Waals surface area contributed by atoms with Crippen molar-refractivity contribution >= 4 is 23.5 Å². The largest absolute Gasteiger partial charge is 0.350 e. The lowest BCUT2D eigenvalue weighted by Crippen LogP contribution is -2.39. The SMILES string of the molecule is O=C(CN1CCN(Cc2ccc(F)cc2Cl)C1=O)NCc1cccnc1. The van der Waals surface area contributed by atoms with Crippen LogP contribution >= 0.6 is 11.6 Å². The Kier molecular flexibility index (Phi) is 5.68. The first-order valence-electron chi connectivity index (χ1n) is 8.16. The first kappa shape index (κ1) is 18.1. The Bertz CT molecular complexity index is 803. The monoisotopic (exact) mass is 376 g/mol. The van der Waals surface area contributed by atoms with Gasteiger partial charge in [0, 0.05) is 43.6 Å². The summed E-state index contributed by atoms with van der Waals surface area (Å²) >= 11 is 6.02. The highest BCUT2D eigenvalue weighted by Crippen LogP contribution is 2.21. The molecule has 0 unspecified atom stereocenters. The lowest BCUT2D eigenvalue weighted by Gasteiger charge is -2.19. The van der Waals surface area contributed by atoms with Crippen molar-refractivity contribution in [3.05, 3.63) is 64.7 Å². The number of hydrogen-bond acceptors (Lipinski definition) is 3. The smallest absolute Gasteiger partial charge is 0.320 e. The zero-order valence-corrected chi connectivity index (χ0v) is 14.7. The standard InChI is InChI=1S/C18H18ClFN4O2/c19-16-8-15(20)4-3-14(16)11-23-6-7-24(18(23)26)12-17(25)22-10-13-2-1-5-21-9-13/h1-5,8-9H,6-7,10-12H2,(H,22,25). The van der Waals surface area contributed by atoms with E-state index in [1.807, 2.05) is 6.07 Å². The van der Waals surface area contributed by atoms with Gasteiger partial charge < -0.3 is 15.1 Å². The van der Waals surface area contributed by atoms with E-state index >= 15 is 0 Å². The molecular weight excluding hydrogens is 359 g/mol. The minimum atomic E-state index is -0.418. The van der Waals surface area contributed by atoms with Crippen molar-refractivity contribution in [3.8, 4) is 0 Å². The highest BCUT2D eigenvalue weighted by atomic mass is 35.5. The molecule has 1 aromatic carbocycles. The Labute approximate surface area is 155 Å². The Hall–Kier alpha value is -2.67. The molecule has 1 aromatic heterocycles. The summed E-state index contributed by atoms with van der Waals surface area (Å²) in [7, 11) is 0. The molecule has 2 aromatic rings. The normalized spacial score (nSPS) is 14.0. The number of urea groups is 1. The molecule has 26 heavy (non-hydrogen) atoms. The van der Waals surface area contributed by atoms with Crippen LogP contribution in [0.4, 0.5) is 9.18 Å². The van der Waals surface area contributed by atoms with E-state index in [2.05, 4.69) is 10.3 Å². The molecule has 1 aliphatic heterocycles. The predicted molar refractivity (Wildman–Crippen MR) is 94.9 cm³/mol. The molecule has 1 aliphatic rings. The number of benzene rings is 1. The van der Waals surface area contributed by atoms with Gasteiger partial charge in [0.15, 0.2) is 0 Å². The second kappa shape index (κ2) is 8.14. The summed E-state index contributed by atoms with van der Waals surface area (Å²) < 4.78 is 13.1. The highest BCUT2D eigenvalue weighted by Gasteiger charge is 2.30. The van der Waals surface area contributed by atoms with Gasteiger partial charge in [0.1, 0.15) is 12.4 Å². The number of rotatable bonds is 6. The van der Waals surface area contributed by atoms with Crippen LogP contribution in [0.3, 0.4) is 0 Å². The molecule has 0 bridgehead atoms. The molecule has 6 nitrogen and oxygen atoms in total. The molecule has 3 rings (SSSR count). The van der Waals surface area contributed by atoms with E-state index in [1.165, 1.54) is 17.0 Å². The summed E-state index contributed by atoms with van der Waals surface area (Å²) in [5.41, 5.74) is 1.56. The molecule has 1 saturated heterocycles. The van der Waals surface area contributed by atoms with Crippen molar-refractivity contribution in [2.45, 2.75) is 13.1 Å². The minimum absolute atomic E-state index is 0.00720. The van der Waals surface area contributed by atoms with Crippen LogP contribution < -0.4 is 5.32 Å². The quantitative estimate of drug-likeness (QED) is 0.842. The predicted octanol–water partition coefficient (Wildman–Crippen LogP) is 2.43. The molecule has 0 aliphatic carbocycles. The number of carbonyl (C=O) groups excluding carboxylic acids is 2. The first-order chi connectivity index (χ1) is 12.5. The van der Waals surface area contributed by atoms with E-state index in [-0.39, 0.29) is 30.1 Å². The number of halogens is 2. The van der Waals surface area contributed by atoms with Crippen LogP contribution in [0.2, 0.25) is 5.02 Å². The van der Waals surface area contributed by atoms with E-state index in [0.717, 1.165) is 5.56 Å². The second-order valence-corrected chi connectivity index (χ2v) is 6.41. The Morgan fingerprint density at radius 2 is 2.08 bits per heavy atom. The molecule has 8 heteroatoms. The van der Waals surface area contributed by atoms with Gasteiger partial charge in [-0.15, -0.1) is 0 Å². The van der Waals surface area contributed by atoms with Crippen LogP contribution in [0.5, 0.6) is 0 Å². The van der Waals surface area contributed by atoms with E-state index in [9.17, 15) is 14.0 Å². The topological polar surface area (TPSA) is 65.5 Å². The van der Waals surface area contributed by atoms with Gasteiger partial charge in [-0.3, -0.25) is 9.78 Å². The second-order valence-electron chi connectivity index (χ2n) is 6.00. The van der Waals surface area contributed by atoms with Crippen LogP contribution in [0.15, 0.2) is 42.7 Å². The average Bonchev–Trinajstić information content (AvgIpc) is 2.96. The number of aromatic nitrogens is 1. The van der Waals surface area contributed by atoms with Gasteiger partial charge in [0.25, 0.3) is 0 Å². The van der Waals surface area contributed by atoms with Gasteiger partial charge in [-0.1, -0.05) is 23.7 Å². The van der Waals surface area contributed by atoms with Gasteiger partial charge in [-0.2, -0.15) is 0 Å². The third-order valence-corrected chi connectivity index (χ3v) is 4.46. The minimum Gasteiger partial charge on any atom is -0.350 e. The summed E-state index contributed by atoms with van der Waals surface area (Å²) in [6.07, 6.45) is 3.34. The van der Waals surface area contributed by atoms with Crippen molar-refractivity contribution in [1.82, 2.24) is 20.1 Å². The van der Waals surface area contributed by atoms with Crippen LogP contribution in [0.1, 0.15) is 11.1 Å². The summed E-state index contributed by atoms with van der Waals surface area (Å²) in [5, 5.41) is 3.05. The fourth-order valence-corrected chi connectivity index (χ4v) is 2.94. The van der Waals surface area contributed by atoms with Crippen LogP contribution in [0.25, 0.3) is 0 Å². The number of nitrogens with zero attached hydrogens (tertiary/aromatic N) is 3. The molecule has 0 radical (unpaired) electrons. The van der Waals surface area contributed by atoms with E-state index in [4.69, 9.17) is 11.6 Å². The molecule has 0 atom stereocenters. The van der Waals surface area contributed by atoms with Gasteiger partial charge in [-0.05, 0) is 29.3 Å². The summed E-state index contributed by atoms with van der Waals surface area (Å²) in [6, 6.07) is 7.52. The van der Waals surface area contributed by atoms with Crippen LogP contribution in [0, 0.1) is 5.82 Å². The van der Waals surface area contributed by atoms with Crippen molar-refractivity contribution in [3.63, 3.8) is 0 Å². The Morgan fingerprint density at radius 1 is 1.27 bits per heavy atom. The Morgan fingerprint density at radius 3 is 2.81 bits per heavy atom. The van der Waals surface area contributed by atoms with Crippen molar-refractivity contribution in [1.29, 1.82) is 0 Å². The molecule has 1 fully saturated rings. The fourth-order valence-electron chi connectivity index (χ4n) is 2.71. The summed E-state index contributed by atoms with van der Waals surface area (Å²) in [6.45, 7) is 1.59. The summed E-state index contributed by atoms with van der Waals surface area (Å²) in [4.78, 5) is 31.6. The number of amides is 3. The number of carbonyl (C=O) groups is 2. The lowest BCUT2D eigenvalue weighted by atomic mass is 10.2. The number of nitrogens with one attached hydrogen (secondary N) is 1. The molecule has 0 saturated carbocycles. The molecule has 0 spiro atoms. The third kappa shape index (κ3) is 4.49. The molecule has 3 amide bonds. The van der Waals surface area contributed by atoms with Gasteiger partial charge in [0.2, 0.25) is 5.91 Å². The zero-order chi connectivity index (χ0) is 18.5. The Balaban J connectivity index is 1.51. The van der Waals surface area contributed by atoms with E-state index in [0.29, 0.717) is 25.2 Å². The molecule has 136 valence electrons. The van der Waals surface area contributed by atoms with Crippen molar-refractivity contribution < 1.29 is 14.0 Å². The molecular formula is C18H18ClFN4O2. The van der Waals surface area contributed by atoms with Crippen molar-refractivity contribution in [2.75, 3.05) is 19.6 Å². The van der Waals surface area contributed by atoms with Gasteiger partial charge in [0.05, 0.1) is 0 Å². The van der Waals surface area contributed by atoms with Crippen LogP contribution in [-0.2, 0) is 17.9 Å². The van der Waals surface area contributed by atoms with E-state index < -0.39 is 5.82 Å². The van der Waals surface area contributed by atoms with Gasteiger partial charge >= 0.3 is 6.03 Å². The average molecular weight is 377 g/mol. The fraction of sp³-hybridized carbons (Fsp3) is 0.278. The maximum absolute atomic E-state index is 13.1. The van der Waals surface area contributed by atoms with Crippen molar-refractivity contribution in [2.24, 2.45) is 0 Å². The van der Waals surface area contributed by atoms with Crippen LogP contribution in [-0.4, -0.2) is 46.4 Å². The first-order valence-corrected chi connectivity index (χ1v) is 8.54. The van der Waals surface area contributed by atoms with E-state index in [1.54, 1.807) is 29.4 Å². The maximum Gasteiger partial charge on any atom is 0.320 e. The lowest BCUT2D eigenvalue weighted by molar-refractivity contribution is -0.121.